The van der Waals surface area contributed by atoms with Crippen LogP contribution in [0.25, 0.3) is 0 Å². The van der Waals surface area contributed by atoms with Gasteiger partial charge in [0.2, 0.25) is 0 Å². The lowest BCUT2D eigenvalue weighted by Crippen LogP contribution is -2.21. The van der Waals surface area contributed by atoms with Crippen molar-refractivity contribution < 1.29 is 9.53 Å². The van der Waals surface area contributed by atoms with Gasteiger partial charge in [0.25, 0.3) is 0 Å². The van der Waals surface area contributed by atoms with Gasteiger partial charge in [0.1, 0.15) is 0 Å². The summed E-state index contributed by atoms with van der Waals surface area (Å²) in [6.45, 7) is 9.01. The second kappa shape index (κ2) is 12.9. The fourth-order valence-electron chi connectivity index (χ4n) is 1.80. The van der Waals surface area contributed by atoms with E-state index < -0.39 is 0 Å². The zero-order valence-electron chi connectivity index (χ0n) is 11.7. The molecule has 0 bridgehead atoms. The van der Waals surface area contributed by atoms with E-state index in [1.54, 1.807) is 0 Å². The van der Waals surface area contributed by atoms with Crippen molar-refractivity contribution in [1.82, 2.24) is 0 Å². The number of carbonyl (C=O) groups is 1. The Balaban J connectivity index is 0. The van der Waals surface area contributed by atoms with Gasteiger partial charge in [-0.3, -0.25) is 4.79 Å². The number of allylic oxidation sites excluding steroid dienone is 1. The van der Waals surface area contributed by atoms with Crippen molar-refractivity contribution in [2.24, 2.45) is 17.6 Å². The topological polar surface area (TPSA) is 52.3 Å². The van der Waals surface area contributed by atoms with Crippen molar-refractivity contribution >= 4 is 18.4 Å². The number of carbonyl (C=O) groups excluding carboxylic acids is 1. The fourth-order valence-corrected chi connectivity index (χ4v) is 1.80. The molecular formula is C14H28ClNO2. The number of rotatable bonds is 10. The standard InChI is InChI=1S/C14H27NO2.ClH/c1-4-5-6-7-8-17-14(16)10-13(11-15)9-12(2)3;/h4,12-13H,1,5-11,15H2,2-3H3;1H/t13-;/m0./s1. The average molecular weight is 278 g/mol. The van der Waals surface area contributed by atoms with Crippen LogP contribution in [0, 0.1) is 11.8 Å². The number of esters is 1. The molecular weight excluding hydrogens is 250 g/mol. The summed E-state index contributed by atoms with van der Waals surface area (Å²) in [6, 6.07) is 0. The van der Waals surface area contributed by atoms with E-state index >= 15 is 0 Å². The highest BCUT2D eigenvalue weighted by Gasteiger charge is 2.14. The first-order valence-electron chi connectivity index (χ1n) is 6.56. The lowest BCUT2D eigenvalue weighted by atomic mass is 9.94. The fraction of sp³-hybridized carbons (Fsp3) is 0.786. The summed E-state index contributed by atoms with van der Waals surface area (Å²) in [6.07, 6.45) is 6.25. The predicted molar refractivity (Wildman–Crippen MR) is 78.9 cm³/mol. The molecule has 0 radical (unpaired) electrons. The number of unbranched alkanes of at least 4 members (excludes halogenated alkanes) is 2. The molecule has 0 aromatic carbocycles. The predicted octanol–water partition coefficient (Wildman–Crippen LogP) is 3.32. The van der Waals surface area contributed by atoms with E-state index in [0.29, 0.717) is 25.5 Å². The van der Waals surface area contributed by atoms with Gasteiger partial charge < -0.3 is 10.5 Å². The second-order valence-electron chi connectivity index (χ2n) is 4.94. The number of halogens is 1. The molecule has 0 aliphatic heterocycles. The molecule has 2 N–H and O–H groups in total. The summed E-state index contributed by atoms with van der Waals surface area (Å²) in [5.74, 6) is 0.722. The molecule has 3 nitrogen and oxygen atoms in total. The molecule has 0 rings (SSSR count). The maximum atomic E-state index is 11.5. The Labute approximate surface area is 118 Å². The van der Waals surface area contributed by atoms with Crippen LogP contribution in [0.15, 0.2) is 12.7 Å². The zero-order valence-corrected chi connectivity index (χ0v) is 12.5. The van der Waals surface area contributed by atoms with E-state index in [-0.39, 0.29) is 24.3 Å². The Morgan fingerprint density at radius 3 is 2.56 bits per heavy atom. The van der Waals surface area contributed by atoms with E-state index in [0.717, 1.165) is 25.7 Å². The smallest absolute Gasteiger partial charge is 0.306 e. The molecule has 0 aromatic rings. The van der Waals surface area contributed by atoms with E-state index in [1.807, 2.05) is 6.08 Å². The summed E-state index contributed by atoms with van der Waals surface area (Å²) in [5.41, 5.74) is 5.64. The van der Waals surface area contributed by atoms with Gasteiger partial charge >= 0.3 is 5.97 Å². The van der Waals surface area contributed by atoms with Gasteiger partial charge in [-0.1, -0.05) is 19.9 Å². The quantitative estimate of drug-likeness (QED) is 0.379. The SMILES string of the molecule is C=CCCCCOC(=O)C[C@@H](CN)CC(C)C.Cl. The highest BCUT2D eigenvalue weighted by molar-refractivity contribution is 5.85. The summed E-state index contributed by atoms with van der Waals surface area (Å²) >= 11 is 0. The van der Waals surface area contributed by atoms with Crippen molar-refractivity contribution in [3.8, 4) is 0 Å². The molecule has 0 aromatic heterocycles. The van der Waals surface area contributed by atoms with Crippen LogP contribution in [0.1, 0.15) is 46.0 Å². The minimum atomic E-state index is -0.111. The van der Waals surface area contributed by atoms with Crippen LogP contribution in [0.3, 0.4) is 0 Å². The van der Waals surface area contributed by atoms with E-state index in [4.69, 9.17) is 10.5 Å². The number of hydrogen-bond acceptors (Lipinski definition) is 3. The molecule has 18 heavy (non-hydrogen) atoms. The Hall–Kier alpha value is -0.540. The Morgan fingerprint density at radius 2 is 2.06 bits per heavy atom. The van der Waals surface area contributed by atoms with Crippen LogP contribution >= 0.6 is 12.4 Å². The molecule has 0 fully saturated rings. The summed E-state index contributed by atoms with van der Waals surface area (Å²) in [4.78, 5) is 11.5. The van der Waals surface area contributed by atoms with E-state index in [9.17, 15) is 4.79 Å². The third kappa shape index (κ3) is 11.9. The summed E-state index contributed by atoms with van der Waals surface area (Å²) < 4.78 is 5.17. The van der Waals surface area contributed by atoms with Crippen LogP contribution in [0.4, 0.5) is 0 Å². The van der Waals surface area contributed by atoms with Crippen molar-refractivity contribution in [2.45, 2.75) is 46.0 Å². The second-order valence-corrected chi connectivity index (χ2v) is 4.94. The summed E-state index contributed by atoms with van der Waals surface area (Å²) in [7, 11) is 0. The molecule has 0 spiro atoms. The van der Waals surface area contributed by atoms with E-state index in [2.05, 4.69) is 20.4 Å². The van der Waals surface area contributed by atoms with Crippen molar-refractivity contribution in [3.63, 3.8) is 0 Å². The average Bonchev–Trinajstić information content (AvgIpc) is 2.27. The van der Waals surface area contributed by atoms with Gasteiger partial charge in [0.05, 0.1) is 6.61 Å². The zero-order chi connectivity index (χ0) is 13.1. The van der Waals surface area contributed by atoms with Gasteiger partial charge in [0.15, 0.2) is 0 Å². The van der Waals surface area contributed by atoms with Gasteiger partial charge in [0, 0.05) is 6.42 Å². The maximum Gasteiger partial charge on any atom is 0.306 e. The Morgan fingerprint density at radius 1 is 1.39 bits per heavy atom. The molecule has 0 amide bonds. The lowest BCUT2D eigenvalue weighted by molar-refractivity contribution is -0.144. The van der Waals surface area contributed by atoms with Crippen LogP contribution < -0.4 is 5.73 Å². The third-order valence-corrected chi connectivity index (χ3v) is 2.66. The minimum absolute atomic E-state index is 0. The Bertz CT molecular complexity index is 220. The van der Waals surface area contributed by atoms with Crippen LogP contribution in [-0.2, 0) is 9.53 Å². The highest BCUT2D eigenvalue weighted by Crippen LogP contribution is 2.14. The molecule has 108 valence electrons. The van der Waals surface area contributed by atoms with Crippen molar-refractivity contribution in [1.29, 1.82) is 0 Å². The van der Waals surface area contributed by atoms with E-state index in [1.165, 1.54) is 0 Å². The molecule has 0 aliphatic carbocycles. The minimum Gasteiger partial charge on any atom is -0.466 e. The maximum absolute atomic E-state index is 11.5. The molecule has 1 atom stereocenters. The van der Waals surface area contributed by atoms with Crippen molar-refractivity contribution in [2.75, 3.05) is 13.2 Å². The normalized spacial score (nSPS) is 11.8. The first kappa shape index (κ1) is 19.8. The molecule has 0 heterocycles. The monoisotopic (exact) mass is 277 g/mol. The Kier molecular flexibility index (Phi) is 14.2. The molecule has 0 aliphatic rings. The first-order chi connectivity index (χ1) is 8.10. The van der Waals surface area contributed by atoms with Crippen LogP contribution in [-0.4, -0.2) is 19.1 Å². The van der Waals surface area contributed by atoms with Crippen LogP contribution in [0.5, 0.6) is 0 Å². The molecule has 0 saturated carbocycles. The molecule has 0 unspecified atom stereocenters. The molecule has 0 saturated heterocycles. The van der Waals surface area contributed by atoms with Crippen LogP contribution in [0.2, 0.25) is 0 Å². The van der Waals surface area contributed by atoms with Gasteiger partial charge in [-0.15, -0.1) is 19.0 Å². The number of nitrogens with two attached hydrogens (primary N) is 1. The molecule has 4 heteroatoms. The first-order valence-corrected chi connectivity index (χ1v) is 6.56. The number of ether oxygens (including phenoxy) is 1. The largest absolute Gasteiger partial charge is 0.466 e. The number of hydrogen-bond donors (Lipinski definition) is 1. The lowest BCUT2D eigenvalue weighted by Gasteiger charge is -2.16. The van der Waals surface area contributed by atoms with Gasteiger partial charge in [-0.2, -0.15) is 0 Å². The van der Waals surface area contributed by atoms with Gasteiger partial charge in [-0.05, 0) is 44.1 Å². The highest BCUT2D eigenvalue weighted by atomic mass is 35.5. The third-order valence-electron chi connectivity index (χ3n) is 2.66. The summed E-state index contributed by atoms with van der Waals surface area (Å²) in [5, 5.41) is 0. The van der Waals surface area contributed by atoms with Crippen molar-refractivity contribution in [3.05, 3.63) is 12.7 Å². The van der Waals surface area contributed by atoms with Gasteiger partial charge in [-0.25, -0.2) is 0 Å².